The summed E-state index contributed by atoms with van der Waals surface area (Å²) < 4.78 is 10.5. The van der Waals surface area contributed by atoms with Gasteiger partial charge in [0.05, 0.1) is 6.61 Å². The van der Waals surface area contributed by atoms with Crippen LogP contribution in [0, 0.1) is 0 Å². The smallest absolute Gasteiger partial charge is 0.329 e. The van der Waals surface area contributed by atoms with Crippen molar-refractivity contribution in [2.45, 2.75) is 26.3 Å². The lowest BCUT2D eigenvalue weighted by Crippen LogP contribution is -2.43. The van der Waals surface area contributed by atoms with Gasteiger partial charge in [0.2, 0.25) is 5.91 Å². The van der Waals surface area contributed by atoms with Crippen LogP contribution < -0.4 is 15.4 Å². The summed E-state index contributed by atoms with van der Waals surface area (Å²) in [5.74, 6) is -0.823. The molecule has 0 bridgehead atoms. The van der Waals surface area contributed by atoms with Crippen LogP contribution in [0.2, 0.25) is 0 Å². The summed E-state index contributed by atoms with van der Waals surface area (Å²) in [7, 11) is 0. The van der Waals surface area contributed by atoms with Crippen molar-refractivity contribution in [3.8, 4) is 5.75 Å². The highest BCUT2D eigenvalue weighted by molar-refractivity contribution is 5.93. The summed E-state index contributed by atoms with van der Waals surface area (Å²) in [5.41, 5.74) is 2.36. The second kappa shape index (κ2) is 10.3. The van der Waals surface area contributed by atoms with Crippen LogP contribution >= 0.6 is 0 Å². The van der Waals surface area contributed by atoms with Crippen LogP contribution in [-0.2, 0) is 25.5 Å². The molecule has 0 aliphatic rings. The van der Waals surface area contributed by atoms with E-state index in [0.717, 1.165) is 16.5 Å². The molecule has 2 amide bonds. The summed E-state index contributed by atoms with van der Waals surface area (Å²) in [6.45, 7) is 3.30. The molecule has 8 heteroatoms. The van der Waals surface area contributed by atoms with Crippen molar-refractivity contribution in [2.24, 2.45) is 0 Å². The van der Waals surface area contributed by atoms with Gasteiger partial charge in [0, 0.05) is 36.1 Å². The van der Waals surface area contributed by atoms with Crippen LogP contribution in [0.5, 0.6) is 5.75 Å². The summed E-state index contributed by atoms with van der Waals surface area (Å²) >= 11 is 0. The predicted molar refractivity (Wildman–Crippen MR) is 117 cm³/mol. The van der Waals surface area contributed by atoms with Gasteiger partial charge in [-0.1, -0.05) is 18.2 Å². The van der Waals surface area contributed by atoms with Crippen LogP contribution in [0.3, 0.4) is 0 Å². The van der Waals surface area contributed by atoms with Crippen molar-refractivity contribution in [3.63, 3.8) is 0 Å². The number of nitrogens with one attached hydrogen (secondary N) is 3. The number of aromatic amines is 1. The van der Waals surface area contributed by atoms with Gasteiger partial charge in [-0.15, -0.1) is 0 Å². The van der Waals surface area contributed by atoms with Gasteiger partial charge in [-0.05, 0) is 42.8 Å². The molecule has 31 heavy (non-hydrogen) atoms. The molecule has 1 aromatic heterocycles. The van der Waals surface area contributed by atoms with Crippen molar-refractivity contribution in [3.05, 3.63) is 60.3 Å². The van der Waals surface area contributed by atoms with Gasteiger partial charge in [0.15, 0.2) is 6.61 Å². The standard InChI is InChI=1S/C23H25N3O5/c1-3-30-18-10-8-17(9-11-18)26-22(28)14-31-23(29)21(25-15(2)27)12-16-13-24-20-7-5-4-6-19(16)20/h4-11,13,21,24H,3,12,14H2,1-2H3,(H,25,27)(H,26,28)/t21-/m0/s1. The van der Waals surface area contributed by atoms with Crippen molar-refractivity contribution in [1.82, 2.24) is 10.3 Å². The average molecular weight is 423 g/mol. The van der Waals surface area contributed by atoms with Crippen LogP contribution in [-0.4, -0.2) is 42.0 Å². The Labute approximate surface area is 179 Å². The first-order chi connectivity index (χ1) is 15.0. The molecule has 8 nitrogen and oxygen atoms in total. The Morgan fingerprint density at radius 3 is 2.52 bits per heavy atom. The van der Waals surface area contributed by atoms with E-state index in [1.807, 2.05) is 31.2 Å². The van der Waals surface area contributed by atoms with Gasteiger partial charge in [0.1, 0.15) is 11.8 Å². The van der Waals surface area contributed by atoms with Crippen molar-refractivity contribution in [1.29, 1.82) is 0 Å². The minimum Gasteiger partial charge on any atom is -0.494 e. The fraction of sp³-hybridized carbons (Fsp3) is 0.261. The zero-order valence-electron chi connectivity index (χ0n) is 17.4. The molecular weight excluding hydrogens is 398 g/mol. The molecule has 162 valence electrons. The number of para-hydroxylation sites is 1. The van der Waals surface area contributed by atoms with E-state index in [4.69, 9.17) is 9.47 Å². The molecule has 3 N–H and O–H groups in total. The van der Waals surface area contributed by atoms with Crippen LogP contribution in [0.1, 0.15) is 19.4 Å². The van der Waals surface area contributed by atoms with E-state index in [0.29, 0.717) is 18.0 Å². The van der Waals surface area contributed by atoms with E-state index < -0.39 is 24.5 Å². The molecule has 0 saturated heterocycles. The Hall–Kier alpha value is -3.81. The number of H-pyrrole nitrogens is 1. The number of fused-ring (bicyclic) bond motifs is 1. The summed E-state index contributed by atoms with van der Waals surface area (Å²) in [5, 5.41) is 6.21. The number of aromatic nitrogens is 1. The predicted octanol–water partition coefficient (Wildman–Crippen LogP) is 2.80. The van der Waals surface area contributed by atoms with Crippen LogP contribution in [0.15, 0.2) is 54.7 Å². The van der Waals surface area contributed by atoms with Gasteiger partial charge < -0.3 is 25.1 Å². The molecule has 1 atom stereocenters. The van der Waals surface area contributed by atoms with E-state index in [-0.39, 0.29) is 12.3 Å². The Morgan fingerprint density at radius 2 is 1.81 bits per heavy atom. The fourth-order valence-corrected chi connectivity index (χ4v) is 3.19. The third kappa shape index (κ3) is 6.08. The lowest BCUT2D eigenvalue weighted by Gasteiger charge is -2.16. The van der Waals surface area contributed by atoms with Gasteiger partial charge in [-0.3, -0.25) is 9.59 Å². The molecule has 0 saturated carbocycles. The molecular formula is C23H25N3O5. The second-order valence-electron chi connectivity index (χ2n) is 6.93. The zero-order chi connectivity index (χ0) is 22.2. The summed E-state index contributed by atoms with van der Waals surface area (Å²) in [4.78, 5) is 39.4. The number of rotatable bonds is 9. The van der Waals surface area contributed by atoms with E-state index in [1.54, 1.807) is 30.5 Å². The molecule has 3 aromatic rings. The molecule has 2 aromatic carbocycles. The zero-order valence-corrected chi connectivity index (χ0v) is 17.4. The molecule has 3 rings (SSSR count). The molecule has 0 aliphatic carbocycles. The lowest BCUT2D eigenvalue weighted by molar-refractivity contribution is -0.150. The highest BCUT2D eigenvalue weighted by Crippen LogP contribution is 2.19. The molecule has 0 radical (unpaired) electrons. The third-order valence-electron chi connectivity index (χ3n) is 4.56. The summed E-state index contributed by atoms with van der Waals surface area (Å²) in [6, 6.07) is 13.6. The van der Waals surface area contributed by atoms with Gasteiger partial charge in [-0.25, -0.2) is 4.79 Å². The molecule has 0 spiro atoms. The number of carbonyl (C=O) groups excluding carboxylic acids is 3. The number of hydrogen-bond acceptors (Lipinski definition) is 5. The first kappa shape index (κ1) is 21.9. The van der Waals surface area contributed by atoms with E-state index in [2.05, 4.69) is 15.6 Å². The second-order valence-corrected chi connectivity index (χ2v) is 6.93. The average Bonchev–Trinajstić information content (AvgIpc) is 3.16. The SMILES string of the molecule is CCOc1ccc(NC(=O)COC(=O)[C@H](Cc2c[nH]c3ccccc23)NC(C)=O)cc1. The summed E-state index contributed by atoms with van der Waals surface area (Å²) in [6.07, 6.45) is 2.04. The van der Waals surface area contributed by atoms with Gasteiger partial charge in [0.25, 0.3) is 5.91 Å². The van der Waals surface area contributed by atoms with Crippen LogP contribution in [0.25, 0.3) is 10.9 Å². The normalized spacial score (nSPS) is 11.5. The number of anilines is 1. The Bertz CT molecular complexity index is 1060. The number of carbonyl (C=O) groups is 3. The maximum atomic E-state index is 12.6. The minimum atomic E-state index is -0.907. The van der Waals surface area contributed by atoms with E-state index >= 15 is 0 Å². The Balaban J connectivity index is 1.58. The number of benzene rings is 2. The Morgan fingerprint density at radius 1 is 1.06 bits per heavy atom. The maximum absolute atomic E-state index is 12.6. The van der Waals surface area contributed by atoms with E-state index in [1.165, 1.54) is 6.92 Å². The third-order valence-corrected chi connectivity index (χ3v) is 4.56. The monoisotopic (exact) mass is 423 g/mol. The molecule has 0 fully saturated rings. The first-order valence-electron chi connectivity index (χ1n) is 9.97. The quantitative estimate of drug-likeness (QED) is 0.459. The van der Waals surface area contributed by atoms with E-state index in [9.17, 15) is 14.4 Å². The minimum absolute atomic E-state index is 0.239. The number of ether oxygens (including phenoxy) is 2. The number of hydrogen-bond donors (Lipinski definition) is 3. The van der Waals surface area contributed by atoms with Gasteiger partial charge >= 0.3 is 5.97 Å². The topological polar surface area (TPSA) is 110 Å². The highest BCUT2D eigenvalue weighted by atomic mass is 16.5. The van der Waals surface area contributed by atoms with Gasteiger partial charge in [-0.2, -0.15) is 0 Å². The Kier molecular flexibility index (Phi) is 7.26. The maximum Gasteiger partial charge on any atom is 0.329 e. The van der Waals surface area contributed by atoms with Crippen molar-refractivity contribution in [2.75, 3.05) is 18.5 Å². The van der Waals surface area contributed by atoms with Crippen molar-refractivity contribution < 1.29 is 23.9 Å². The highest BCUT2D eigenvalue weighted by Gasteiger charge is 2.23. The molecule has 0 unspecified atom stereocenters. The largest absolute Gasteiger partial charge is 0.494 e. The molecule has 0 aliphatic heterocycles. The van der Waals surface area contributed by atoms with Crippen LogP contribution in [0.4, 0.5) is 5.69 Å². The molecule has 1 heterocycles. The first-order valence-corrected chi connectivity index (χ1v) is 9.97. The fourth-order valence-electron chi connectivity index (χ4n) is 3.19. The lowest BCUT2D eigenvalue weighted by atomic mass is 10.0. The number of amides is 2. The van der Waals surface area contributed by atoms with Crippen molar-refractivity contribution >= 4 is 34.4 Å². The number of esters is 1.